The molecule has 6 heteroatoms. The standard InChI is InChI=1S/C28H22Br2N4/c1-28(2)15-23-25(16-6-4-3-5-7-16)20-11-10-18(32-20)13-22-27(30)26(29)21(33-22)12-17-8-9-19(31-17)14-24(28)34-23/h3-14,31-32H,15H2,1-2H3. The molecule has 5 heterocycles. The van der Waals surface area contributed by atoms with E-state index in [9.17, 15) is 0 Å². The smallest absolute Gasteiger partial charge is 0.0812 e. The van der Waals surface area contributed by atoms with Gasteiger partial charge < -0.3 is 9.97 Å². The Hall–Kier alpha value is -2.96. The third-order valence-corrected chi connectivity index (χ3v) is 8.52. The monoisotopic (exact) mass is 572 g/mol. The summed E-state index contributed by atoms with van der Waals surface area (Å²) in [5.74, 6) is 0. The second kappa shape index (κ2) is 8.07. The highest BCUT2D eigenvalue weighted by molar-refractivity contribution is 9.18. The molecule has 2 N–H and O–H groups in total. The Balaban J connectivity index is 1.76. The van der Waals surface area contributed by atoms with E-state index in [1.165, 1.54) is 0 Å². The number of aromatic nitrogens is 4. The van der Waals surface area contributed by atoms with E-state index in [1.54, 1.807) is 0 Å². The molecule has 2 aliphatic rings. The fourth-order valence-corrected chi connectivity index (χ4v) is 5.44. The highest BCUT2D eigenvalue weighted by Crippen LogP contribution is 2.39. The molecule has 0 amide bonds. The zero-order chi connectivity index (χ0) is 23.4. The van der Waals surface area contributed by atoms with Gasteiger partial charge in [0.25, 0.3) is 0 Å². The Morgan fingerprint density at radius 1 is 0.735 bits per heavy atom. The number of fused-ring (bicyclic) bond motifs is 8. The van der Waals surface area contributed by atoms with E-state index in [4.69, 9.17) is 9.97 Å². The largest absolute Gasteiger partial charge is 0.355 e. The summed E-state index contributed by atoms with van der Waals surface area (Å²) in [4.78, 5) is 17.2. The SMILES string of the molecule is CC1(C)Cc2nc1cc1ccc(cc3nc(cc4ccc([nH]4)c2-c2ccccc2)C(Br)=C3Br)[nH]1. The Morgan fingerprint density at radius 3 is 2.06 bits per heavy atom. The first-order chi connectivity index (χ1) is 16.4. The van der Waals surface area contributed by atoms with Crippen molar-refractivity contribution < 1.29 is 0 Å². The lowest BCUT2D eigenvalue weighted by molar-refractivity contribution is 0.544. The average Bonchev–Trinajstić information content (AvgIpc) is 3.56. The molecule has 168 valence electrons. The third kappa shape index (κ3) is 3.75. The number of rotatable bonds is 1. The van der Waals surface area contributed by atoms with Gasteiger partial charge in [0.05, 0.1) is 26.0 Å². The van der Waals surface area contributed by atoms with Crippen LogP contribution in [0.25, 0.3) is 42.2 Å². The van der Waals surface area contributed by atoms with Crippen molar-refractivity contribution in [3.63, 3.8) is 0 Å². The second-order valence-corrected chi connectivity index (χ2v) is 11.0. The van der Waals surface area contributed by atoms with E-state index in [0.29, 0.717) is 0 Å². The summed E-state index contributed by atoms with van der Waals surface area (Å²) < 4.78 is 1.87. The first kappa shape index (κ1) is 21.6. The number of benzene rings is 1. The number of halogens is 2. The maximum absolute atomic E-state index is 5.19. The number of hydrogen-bond donors (Lipinski definition) is 2. The fourth-order valence-electron chi connectivity index (χ4n) is 4.63. The Bertz CT molecular complexity index is 1620. The Morgan fingerprint density at radius 2 is 1.35 bits per heavy atom. The molecule has 1 aromatic carbocycles. The molecule has 0 aliphatic carbocycles. The molecule has 0 spiro atoms. The summed E-state index contributed by atoms with van der Waals surface area (Å²) >= 11 is 7.41. The van der Waals surface area contributed by atoms with Crippen LogP contribution in [-0.2, 0) is 11.8 Å². The van der Waals surface area contributed by atoms with Gasteiger partial charge in [-0.25, -0.2) is 4.98 Å². The van der Waals surface area contributed by atoms with Gasteiger partial charge in [0.15, 0.2) is 0 Å². The lowest BCUT2D eigenvalue weighted by Crippen LogP contribution is -2.15. The predicted octanol–water partition coefficient (Wildman–Crippen LogP) is 8.12. The van der Waals surface area contributed by atoms with E-state index in [-0.39, 0.29) is 5.41 Å². The van der Waals surface area contributed by atoms with Gasteiger partial charge in [0.1, 0.15) is 0 Å². The van der Waals surface area contributed by atoms with Crippen molar-refractivity contribution in [1.82, 2.24) is 19.9 Å². The van der Waals surface area contributed by atoms with E-state index in [2.05, 4.69) is 122 Å². The summed E-state index contributed by atoms with van der Waals surface area (Å²) in [6.45, 7) is 4.53. The van der Waals surface area contributed by atoms with Crippen LogP contribution in [0.3, 0.4) is 0 Å². The molecular formula is C28H22Br2N4. The van der Waals surface area contributed by atoms with Gasteiger partial charge in [0.2, 0.25) is 0 Å². The van der Waals surface area contributed by atoms with Crippen LogP contribution in [0.5, 0.6) is 0 Å². The van der Waals surface area contributed by atoms with E-state index >= 15 is 0 Å². The summed E-state index contributed by atoms with van der Waals surface area (Å²) in [5, 5.41) is 0. The summed E-state index contributed by atoms with van der Waals surface area (Å²) in [7, 11) is 0. The number of aromatic amines is 2. The molecule has 34 heavy (non-hydrogen) atoms. The quantitative estimate of drug-likeness (QED) is 0.241. The zero-order valence-corrected chi connectivity index (χ0v) is 22.0. The molecule has 2 aliphatic heterocycles. The highest BCUT2D eigenvalue weighted by atomic mass is 79.9. The summed E-state index contributed by atoms with van der Waals surface area (Å²) in [6.07, 6.45) is 0.868. The van der Waals surface area contributed by atoms with Crippen LogP contribution < -0.4 is 0 Å². The predicted molar refractivity (Wildman–Crippen MR) is 148 cm³/mol. The van der Waals surface area contributed by atoms with E-state index < -0.39 is 0 Å². The number of nitrogens with one attached hydrogen (secondary N) is 2. The molecule has 3 aromatic heterocycles. The molecule has 0 saturated heterocycles. The zero-order valence-electron chi connectivity index (χ0n) is 18.8. The number of H-pyrrole nitrogens is 2. The minimum absolute atomic E-state index is 0.0739. The van der Waals surface area contributed by atoms with Gasteiger partial charge in [-0.3, -0.25) is 4.98 Å². The normalized spacial score (nSPS) is 15.1. The van der Waals surface area contributed by atoms with Crippen molar-refractivity contribution >= 4 is 62.9 Å². The van der Waals surface area contributed by atoms with Gasteiger partial charge in [-0.15, -0.1) is 0 Å². The Kier molecular flexibility index (Phi) is 5.12. The molecule has 4 nitrogen and oxygen atoms in total. The molecule has 0 unspecified atom stereocenters. The van der Waals surface area contributed by atoms with Gasteiger partial charge in [0, 0.05) is 45.2 Å². The summed E-state index contributed by atoms with van der Waals surface area (Å²) in [5.41, 5.74) is 10.2. The van der Waals surface area contributed by atoms with Gasteiger partial charge >= 0.3 is 0 Å². The number of hydrogen-bond acceptors (Lipinski definition) is 2. The van der Waals surface area contributed by atoms with Crippen molar-refractivity contribution in [2.45, 2.75) is 25.7 Å². The van der Waals surface area contributed by atoms with Crippen LogP contribution in [0.15, 0.2) is 72.8 Å². The first-order valence-electron chi connectivity index (χ1n) is 11.2. The first-order valence-corrected chi connectivity index (χ1v) is 12.8. The molecule has 8 bridgehead atoms. The highest BCUT2D eigenvalue weighted by Gasteiger charge is 2.30. The van der Waals surface area contributed by atoms with Crippen LogP contribution in [0, 0.1) is 0 Å². The molecule has 0 radical (unpaired) electrons. The van der Waals surface area contributed by atoms with Gasteiger partial charge in [-0.2, -0.15) is 0 Å². The van der Waals surface area contributed by atoms with Crippen molar-refractivity contribution in [3.8, 4) is 11.1 Å². The minimum Gasteiger partial charge on any atom is -0.355 e. The van der Waals surface area contributed by atoms with Crippen LogP contribution in [0.2, 0.25) is 0 Å². The van der Waals surface area contributed by atoms with Crippen molar-refractivity contribution in [1.29, 1.82) is 0 Å². The summed E-state index contributed by atoms with van der Waals surface area (Å²) in [6, 6.07) is 25.2. The van der Waals surface area contributed by atoms with E-state index in [0.717, 1.165) is 71.4 Å². The van der Waals surface area contributed by atoms with Gasteiger partial charge in [-0.1, -0.05) is 44.2 Å². The number of nitrogens with zero attached hydrogens (tertiary/aromatic N) is 2. The maximum atomic E-state index is 5.19. The van der Waals surface area contributed by atoms with Crippen LogP contribution in [-0.4, -0.2) is 19.9 Å². The molecule has 0 atom stereocenters. The minimum atomic E-state index is -0.0739. The average molecular weight is 574 g/mol. The molecular weight excluding hydrogens is 552 g/mol. The lowest BCUT2D eigenvalue weighted by Gasteiger charge is -2.16. The van der Waals surface area contributed by atoms with Gasteiger partial charge in [-0.05, 0) is 79.9 Å². The molecule has 0 fully saturated rings. The van der Waals surface area contributed by atoms with Crippen LogP contribution in [0.4, 0.5) is 0 Å². The topological polar surface area (TPSA) is 57.4 Å². The van der Waals surface area contributed by atoms with Crippen molar-refractivity contribution in [2.75, 3.05) is 0 Å². The van der Waals surface area contributed by atoms with Crippen LogP contribution >= 0.6 is 31.9 Å². The second-order valence-electron chi connectivity index (χ2n) is 9.39. The molecule has 4 aromatic rings. The maximum Gasteiger partial charge on any atom is 0.0812 e. The van der Waals surface area contributed by atoms with Crippen molar-refractivity contribution in [3.05, 3.63) is 95.6 Å². The lowest BCUT2D eigenvalue weighted by atomic mass is 9.85. The molecule has 0 saturated carbocycles. The third-order valence-electron chi connectivity index (χ3n) is 6.38. The fraction of sp³-hybridized carbons (Fsp3) is 0.143. The molecule has 6 rings (SSSR count). The van der Waals surface area contributed by atoms with Crippen LogP contribution in [0.1, 0.15) is 36.6 Å². The van der Waals surface area contributed by atoms with Crippen molar-refractivity contribution in [2.24, 2.45) is 0 Å². The Labute approximate surface area is 214 Å². The van der Waals surface area contributed by atoms with E-state index in [1.807, 2.05) is 6.07 Å².